The fourth-order valence-corrected chi connectivity index (χ4v) is 2.97. The maximum absolute atomic E-state index is 12.7. The van der Waals surface area contributed by atoms with E-state index in [-0.39, 0.29) is 5.57 Å². The molecule has 0 bridgehead atoms. The first-order valence-corrected chi connectivity index (χ1v) is 7.74. The van der Waals surface area contributed by atoms with Gasteiger partial charge in [-0.2, -0.15) is 0 Å². The summed E-state index contributed by atoms with van der Waals surface area (Å²) in [6.45, 7) is 0. The molecule has 0 atom stereocenters. The van der Waals surface area contributed by atoms with Crippen molar-refractivity contribution in [1.29, 1.82) is 0 Å². The van der Waals surface area contributed by atoms with Crippen LogP contribution in [0.3, 0.4) is 0 Å². The third-order valence-electron chi connectivity index (χ3n) is 3.99. The molecular formula is C17H24N4O3. The molecule has 2 aliphatic rings. The van der Waals surface area contributed by atoms with Crippen molar-refractivity contribution in [2.45, 2.75) is 12.8 Å². The topological polar surface area (TPSA) is 64.2 Å². The summed E-state index contributed by atoms with van der Waals surface area (Å²) in [6.07, 6.45) is 5.35. The molecule has 4 amide bonds. The Morgan fingerprint density at radius 3 is 1.46 bits per heavy atom. The van der Waals surface area contributed by atoms with Gasteiger partial charge in [0, 0.05) is 60.3 Å². The van der Waals surface area contributed by atoms with Crippen LogP contribution in [0.1, 0.15) is 12.8 Å². The minimum absolute atomic E-state index is 0.0679. The van der Waals surface area contributed by atoms with E-state index in [1.807, 2.05) is 50.4 Å². The summed E-state index contributed by atoms with van der Waals surface area (Å²) in [6, 6.07) is -0.608. The molecule has 1 heterocycles. The van der Waals surface area contributed by atoms with Gasteiger partial charge < -0.3 is 9.80 Å². The van der Waals surface area contributed by atoms with Crippen molar-refractivity contribution in [2.24, 2.45) is 0 Å². The lowest BCUT2D eigenvalue weighted by atomic mass is 9.97. The molecule has 1 saturated heterocycles. The number of hydrogen-bond acceptors (Lipinski definition) is 5. The van der Waals surface area contributed by atoms with Gasteiger partial charge >= 0.3 is 6.03 Å². The highest BCUT2D eigenvalue weighted by Crippen LogP contribution is 2.39. The number of barbiturate groups is 1. The first-order chi connectivity index (χ1) is 11.1. The molecule has 24 heavy (non-hydrogen) atoms. The number of urea groups is 1. The average Bonchev–Trinajstić information content (AvgIpc) is 2.85. The summed E-state index contributed by atoms with van der Waals surface area (Å²) in [5.74, 6) is -1.09. The molecule has 0 aromatic carbocycles. The van der Waals surface area contributed by atoms with E-state index >= 15 is 0 Å². The predicted molar refractivity (Wildman–Crippen MR) is 90.7 cm³/mol. The lowest BCUT2D eigenvalue weighted by Crippen LogP contribution is -2.53. The van der Waals surface area contributed by atoms with E-state index in [0.29, 0.717) is 5.57 Å². The molecule has 1 saturated carbocycles. The molecule has 0 unspecified atom stereocenters. The van der Waals surface area contributed by atoms with Crippen molar-refractivity contribution < 1.29 is 14.4 Å². The largest absolute Gasteiger partial charge is 0.383 e. The molecule has 2 rings (SSSR count). The lowest BCUT2D eigenvalue weighted by molar-refractivity contribution is -0.134. The number of amides is 4. The second-order valence-electron chi connectivity index (χ2n) is 6.50. The molecule has 0 spiro atoms. The minimum atomic E-state index is -0.608. The molecule has 0 aromatic heterocycles. The zero-order valence-electron chi connectivity index (χ0n) is 15.1. The third-order valence-corrected chi connectivity index (χ3v) is 3.99. The van der Waals surface area contributed by atoms with Crippen LogP contribution in [-0.4, -0.2) is 79.7 Å². The zero-order chi connectivity index (χ0) is 18.2. The van der Waals surface area contributed by atoms with Crippen LogP contribution in [-0.2, 0) is 9.59 Å². The van der Waals surface area contributed by atoms with Crippen LogP contribution in [0.15, 0.2) is 34.7 Å². The van der Waals surface area contributed by atoms with E-state index in [4.69, 9.17) is 0 Å². The van der Waals surface area contributed by atoms with E-state index < -0.39 is 17.8 Å². The highest BCUT2D eigenvalue weighted by molar-refractivity contribution is 6.29. The standard InChI is InChI=1S/C17H24N4O3/c1-18(2)9-11-7-8-12(10-19(3)4)13(11)14-15(22)20(5)17(24)21(6)16(14)23/h9-10H,7-8H2,1-6H3/b11-9+,12-10+. The van der Waals surface area contributed by atoms with E-state index in [1.54, 1.807) is 0 Å². The first kappa shape index (κ1) is 17.8. The van der Waals surface area contributed by atoms with Crippen molar-refractivity contribution in [3.8, 4) is 0 Å². The van der Waals surface area contributed by atoms with Crippen molar-refractivity contribution in [2.75, 3.05) is 42.3 Å². The van der Waals surface area contributed by atoms with Crippen molar-refractivity contribution in [3.63, 3.8) is 0 Å². The average molecular weight is 332 g/mol. The number of imide groups is 2. The number of nitrogens with zero attached hydrogens (tertiary/aromatic N) is 4. The molecular weight excluding hydrogens is 308 g/mol. The zero-order valence-corrected chi connectivity index (χ0v) is 15.1. The predicted octanol–water partition coefficient (Wildman–Crippen LogP) is 1.02. The molecule has 0 aromatic rings. The number of carbonyl (C=O) groups is 3. The van der Waals surface area contributed by atoms with Crippen molar-refractivity contribution in [3.05, 3.63) is 34.7 Å². The second-order valence-corrected chi connectivity index (χ2v) is 6.50. The van der Waals surface area contributed by atoms with Crippen molar-refractivity contribution >= 4 is 17.8 Å². The maximum atomic E-state index is 12.7. The Morgan fingerprint density at radius 2 is 1.12 bits per heavy atom. The quantitative estimate of drug-likeness (QED) is 0.558. The Morgan fingerprint density at radius 1 is 0.750 bits per heavy atom. The molecule has 1 aliphatic heterocycles. The monoisotopic (exact) mass is 332 g/mol. The number of carbonyl (C=O) groups excluding carboxylic acids is 3. The van der Waals surface area contributed by atoms with E-state index in [9.17, 15) is 14.4 Å². The molecule has 0 radical (unpaired) electrons. The molecule has 7 nitrogen and oxygen atoms in total. The molecule has 130 valence electrons. The lowest BCUT2D eigenvalue weighted by Gasteiger charge is -2.30. The van der Waals surface area contributed by atoms with E-state index in [2.05, 4.69) is 0 Å². The SMILES string of the molecule is CN(C)/C=C1\CC/C(=C\N(C)C)C1=C1C(=O)N(C)C(=O)N(C)C1=O. The summed E-state index contributed by atoms with van der Waals surface area (Å²) >= 11 is 0. The Labute approximate surface area is 142 Å². The molecule has 7 heteroatoms. The van der Waals surface area contributed by atoms with Gasteiger partial charge in [-0.1, -0.05) is 0 Å². The smallest absolute Gasteiger partial charge is 0.333 e. The van der Waals surface area contributed by atoms with Gasteiger partial charge in [0.1, 0.15) is 5.57 Å². The number of hydrogen-bond donors (Lipinski definition) is 0. The highest BCUT2D eigenvalue weighted by Gasteiger charge is 2.42. The summed E-state index contributed by atoms with van der Waals surface area (Å²) < 4.78 is 0. The van der Waals surface area contributed by atoms with E-state index in [1.165, 1.54) is 14.1 Å². The maximum Gasteiger partial charge on any atom is 0.333 e. The van der Waals surface area contributed by atoms with Gasteiger partial charge in [-0.15, -0.1) is 0 Å². The number of rotatable bonds is 2. The normalized spacial score (nSPS) is 22.3. The fourth-order valence-electron chi connectivity index (χ4n) is 2.97. The first-order valence-electron chi connectivity index (χ1n) is 7.74. The summed E-state index contributed by atoms with van der Waals surface area (Å²) in [5, 5.41) is 0. The van der Waals surface area contributed by atoms with Crippen LogP contribution in [0.25, 0.3) is 0 Å². The van der Waals surface area contributed by atoms with Gasteiger partial charge in [-0.05, 0) is 24.0 Å². The molecule has 1 aliphatic carbocycles. The van der Waals surface area contributed by atoms with Crippen LogP contribution in [0.4, 0.5) is 4.79 Å². The van der Waals surface area contributed by atoms with E-state index in [0.717, 1.165) is 33.8 Å². The Balaban J connectivity index is 2.71. The van der Waals surface area contributed by atoms with Gasteiger partial charge in [-0.25, -0.2) is 4.79 Å². The van der Waals surface area contributed by atoms with Gasteiger partial charge in [-0.3, -0.25) is 19.4 Å². The van der Waals surface area contributed by atoms with Gasteiger partial charge in [0.15, 0.2) is 0 Å². The highest BCUT2D eigenvalue weighted by atomic mass is 16.2. The molecule has 2 fully saturated rings. The number of allylic oxidation sites excluding steroid dienone is 3. The van der Waals surface area contributed by atoms with Crippen LogP contribution in [0.5, 0.6) is 0 Å². The molecule has 0 N–H and O–H groups in total. The number of likely N-dealkylation sites (N-methyl/N-ethyl adjacent to an activating group) is 2. The summed E-state index contributed by atoms with van der Waals surface area (Å²) in [5.41, 5.74) is 2.58. The van der Waals surface area contributed by atoms with Gasteiger partial charge in [0.2, 0.25) is 0 Å². The summed E-state index contributed by atoms with van der Waals surface area (Å²) in [4.78, 5) is 43.1. The second kappa shape index (κ2) is 6.51. The van der Waals surface area contributed by atoms with Gasteiger partial charge in [0.05, 0.1) is 0 Å². The minimum Gasteiger partial charge on any atom is -0.383 e. The Hall–Kier alpha value is -2.57. The van der Waals surface area contributed by atoms with Gasteiger partial charge in [0.25, 0.3) is 11.8 Å². The Kier molecular flexibility index (Phi) is 4.82. The van der Waals surface area contributed by atoms with Crippen LogP contribution in [0.2, 0.25) is 0 Å². The van der Waals surface area contributed by atoms with Crippen LogP contribution in [0, 0.1) is 0 Å². The third kappa shape index (κ3) is 3.06. The van der Waals surface area contributed by atoms with Crippen LogP contribution < -0.4 is 0 Å². The summed E-state index contributed by atoms with van der Waals surface area (Å²) in [7, 11) is 10.4. The Bertz CT molecular complexity index is 632. The van der Waals surface area contributed by atoms with Crippen molar-refractivity contribution in [1.82, 2.24) is 19.6 Å². The fraction of sp³-hybridized carbons (Fsp3) is 0.471. The van der Waals surface area contributed by atoms with Crippen LogP contribution >= 0.6 is 0 Å².